The molecule has 20 heavy (non-hydrogen) atoms. The summed E-state index contributed by atoms with van der Waals surface area (Å²) >= 11 is 3.30. The lowest BCUT2D eigenvalue weighted by molar-refractivity contribution is -0.384. The standard InChI is InChI=1S/C13H12BrN3O3/c1-8(2)13-15-11(14)7-12(16-13)20-10-5-3-9(4-6-10)17(18)19/h3-8H,1-2H3. The fourth-order valence-electron chi connectivity index (χ4n) is 1.48. The van der Waals surface area contributed by atoms with E-state index in [1.807, 2.05) is 13.8 Å². The Hall–Kier alpha value is -2.02. The highest BCUT2D eigenvalue weighted by atomic mass is 79.9. The molecule has 0 unspecified atom stereocenters. The van der Waals surface area contributed by atoms with Crippen LogP contribution in [0.25, 0.3) is 0 Å². The first-order valence-electron chi connectivity index (χ1n) is 5.92. The maximum Gasteiger partial charge on any atom is 0.269 e. The Balaban J connectivity index is 2.23. The van der Waals surface area contributed by atoms with Crippen LogP contribution in [-0.2, 0) is 0 Å². The largest absolute Gasteiger partial charge is 0.439 e. The number of nitro groups is 1. The van der Waals surface area contributed by atoms with Crippen molar-refractivity contribution in [1.82, 2.24) is 9.97 Å². The summed E-state index contributed by atoms with van der Waals surface area (Å²) in [6.07, 6.45) is 0. The average Bonchev–Trinajstić information content (AvgIpc) is 2.38. The van der Waals surface area contributed by atoms with E-state index >= 15 is 0 Å². The minimum atomic E-state index is -0.456. The molecule has 0 atom stereocenters. The van der Waals surface area contributed by atoms with Gasteiger partial charge in [-0.3, -0.25) is 10.1 Å². The number of hydrogen-bond acceptors (Lipinski definition) is 5. The van der Waals surface area contributed by atoms with Crippen molar-refractivity contribution in [2.24, 2.45) is 0 Å². The molecule has 0 aliphatic carbocycles. The topological polar surface area (TPSA) is 78.2 Å². The summed E-state index contributed by atoms with van der Waals surface area (Å²) in [6.45, 7) is 3.97. The Kier molecular flexibility index (Phi) is 4.29. The van der Waals surface area contributed by atoms with Gasteiger partial charge in [-0.1, -0.05) is 13.8 Å². The van der Waals surface area contributed by atoms with Crippen molar-refractivity contribution >= 4 is 21.6 Å². The van der Waals surface area contributed by atoms with Crippen LogP contribution >= 0.6 is 15.9 Å². The third-order valence-electron chi connectivity index (χ3n) is 2.48. The first-order chi connectivity index (χ1) is 9.45. The first kappa shape index (κ1) is 14.4. The van der Waals surface area contributed by atoms with Crippen molar-refractivity contribution in [1.29, 1.82) is 0 Å². The van der Waals surface area contributed by atoms with E-state index in [1.54, 1.807) is 6.07 Å². The van der Waals surface area contributed by atoms with Gasteiger partial charge < -0.3 is 4.74 Å². The van der Waals surface area contributed by atoms with Gasteiger partial charge in [-0.05, 0) is 28.1 Å². The third kappa shape index (κ3) is 3.51. The van der Waals surface area contributed by atoms with E-state index in [0.29, 0.717) is 22.1 Å². The molecule has 7 heteroatoms. The molecule has 1 heterocycles. The van der Waals surface area contributed by atoms with Crippen LogP contribution in [0.3, 0.4) is 0 Å². The van der Waals surface area contributed by atoms with Crippen molar-refractivity contribution in [2.75, 3.05) is 0 Å². The molecule has 6 nitrogen and oxygen atoms in total. The molecular weight excluding hydrogens is 326 g/mol. The zero-order valence-corrected chi connectivity index (χ0v) is 12.5. The average molecular weight is 338 g/mol. The molecule has 104 valence electrons. The number of nitro benzene ring substituents is 1. The summed E-state index contributed by atoms with van der Waals surface area (Å²) in [7, 11) is 0. The van der Waals surface area contributed by atoms with E-state index in [-0.39, 0.29) is 11.6 Å². The van der Waals surface area contributed by atoms with Gasteiger partial charge in [0.25, 0.3) is 5.69 Å². The molecule has 0 saturated carbocycles. The van der Waals surface area contributed by atoms with Gasteiger partial charge in [0, 0.05) is 24.1 Å². The molecule has 1 aromatic carbocycles. The number of non-ortho nitro benzene ring substituents is 1. The fraction of sp³-hybridized carbons (Fsp3) is 0.231. The summed E-state index contributed by atoms with van der Waals surface area (Å²) in [5.41, 5.74) is 0.0177. The summed E-state index contributed by atoms with van der Waals surface area (Å²) in [6, 6.07) is 7.48. The second-order valence-electron chi connectivity index (χ2n) is 4.39. The molecule has 0 bridgehead atoms. The fourth-order valence-corrected chi connectivity index (χ4v) is 1.86. The molecule has 0 N–H and O–H groups in total. The Morgan fingerprint density at radius 1 is 1.25 bits per heavy atom. The zero-order valence-electron chi connectivity index (χ0n) is 10.9. The number of hydrogen-bond donors (Lipinski definition) is 0. The van der Waals surface area contributed by atoms with E-state index in [9.17, 15) is 10.1 Å². The minimum absolute atomic E-state index is 0.0177. The molecule has 0 fully saturated rings. The lowest BCUT2D eigenvalue weighted by Crippen LogP contribution is -2.00. The summed E-state index contributed by atoms with van der Waals surface area (Å²) in [5.74, 6) is 1.71. The molecule has 0 radical (unpaired) electrons. The van der Waals surface area contributed by atoms with Crippen LogP contribution in [0.5, 0.6) is 11.6 Å². The molecule has 1 aromatic heterocycles. The number of rotatable bonds is 4. The van der Waals surface area contributed by atoms with Gasteiger partial charge in [0.1, 0.15) is 16.2 Å². The molecule has 0 aliphatic heterocycles. The van der Waals surface area contributed by atoms with Crippen LogP contribution in [0.2, 0.25) is 0 Å². The van der Waals surface area contributed by atoms with E-state index < -0.39 is 4.92 Å². The Labute approximate surface area is 124 Å². The predicted molar refractivity (Wildman–Crippen MR) is 77.0 cm³/mol. The quantitative estimate of drug-likeness (QED) is 0.477. The Bertz CT molecular complexity index is 629. The van der Waals surface area contributed by atoms with Gasteiger partial charge in [-0.2, -0.15) is 4.98 Å². The summed E-state index contributed by atoms with van der Waals surface area (Å²) in [5, 5.41) is 10.6. The van der Waals surface area contributed by atoms with Crippen LogP contribution in [0, 0.1) is 10.1 Å². The van der Waals surface area contributed by atoms with Crippen LogP contribution < -0.4 is 4.74 Å². The second kappa shape index (κ2) is 5.96. The zero-order chi connectivity index (χ0) is 14.7. The van der Waals surface area contributed by atoms with Crippen molar-refractivity contribution in [2.45, 2.75) is 19.8 Å². The van der Waals surface area contributed by atoms with Gasteiger partial charge in [-0.25, -0.2) is 4.98 Å². The normalized spacial score (nSPS) is 10.6. The molecule has 2 aromatic rings. The smallest absolute Gasteiger partial charge is 0.269 e. The number of benzene rings is 1. The SMILES string of the molecule is CC(C)c1nc(Br)cc(Oc2ccc([N+](=O)[O-])cc2)n1. The number of ether oxygens (including phenoxy) is 1. The second-order valence-corrected chi connectivity index (χ2v) is 5.21. The monoisotopic (exact) mass is 337 g/mol. The highest BCUT2D eigenvalue weighted by Crippen LogP contribution is 2.25. The number of halogens is 1. The third-order valence-corrected chi connectivity index (χ3v) is 2.88. The van der Waals surface area contributed by atoms with Gasteiger partial charge in [0.05, 0.1) is 4.92 Å². The molecule has 0 saturated heterocycles. The van der Waals surface area contributed by atoms with E-state index in [0.717, 1.165) is 0 Å². The van der Waals surface area contributed by atoms with Crippen LogP contribution in [0.4, 0.5) is 5.69 Å². The van der Waals surface area contributed by atoms with E-state index in [1.165, 1.54) is 24.3 Å². The predicted octanol–water partition coefficient (Wildman–Crippen LogP) is 4.06. The van der Waals surface area contributed by atoms with Crippen molar-refractivity contribution in [3.05, 3.63) is 50.9 Å². The maximum atomic E-state index is 10.6. The lowest BCUT2D eigenvalue weighted by atomic mass is 10.2. The van der Waals surface area contributed by atoms with Gasteiger partial charge >= 0.3 is 0 Å². The van der Waals surface area contributed by atoms with Crippen LogP contribution in [-0.4, -0.2) is 14.9 Å². The lowest BCUT2D eigenvalue weighted by Gasteiger charge is -2.08. The van der Waals surface area contributed by atoms with Gasteiger partial charge in [0.2, 0.25) is 5.88 Å². The van der Waals surface area contributed by atoms with Crippen LogP contribution in [0.15, 0.2) is 34.9 Å². The van der Waals surface area contributed by atoms with Gasteiger partial charge in [-0.15, -0.1) is 0 Å². The van der Waals surface area contributed by atoms with Crippen LogP contribution in [0.1, 0.15) is 25.6 Å². The molecular formula is C13H12BrN3O3. The summed E-state index contributed by atoms with van der Waals surface area (Å²) < 4.78 is 6.21. The Morgan fingerprint density at radius 2 is 1.90 bits per heavy atom. The molecule has 0 amide bonds. The Morgan fingerprint density at radius 3 is 2.45 bits per heavy atom. The molecule has 0 spiro atoms. The highest BCUT2D eigenvalue weighted by Gasteiger charge is 2.09. The first-order valence-corrected chi connectivity index (χ1v) is 6.72. The minimum Gasteiger partial charge on any atom is -0.439 e. The molecule has 2 rings (SSSR count). The van der Waals surface area contributed by atoms with E-state index in [4.69, 9.17) is 4.74 Å². The van der Waals surface area contributed by atoms with Gasteiger partial charge in [0.15, 0.2) is 0 Å². The van der Waals surface area contributed by atoms with E-state index in [2.05, 4.69) is 25.9 Å². The number of nitrogens with zero attached hydrogens (tertiary/aromatic N) is 3. The summed E-state index contributed by atoms with van der Waals surface area (Å²) in [4.78, 5) is 18.7. The van der Waals surface area contributed by atoms with Crippen molar-refractivity contribution in [3.8, 4) is 11.6 Å². The number of aromatic nitrogens is 2. The van der Waals surface area contributed by atoms with Crippen molar-refractivity contribution < 1.29 is 9.66 Å². The molecule has 0 aliphatic rings. The maximum absolute atomic E-state index is 10.6. The van der Waals surface area contributed by atoms with Crippen molar-refractivity contribution in [3.63, 3.8) is 0 Å². The highest BCUT2D eigenvalue weighted by molar-refractivity contribution is 9.10.